The first-order valence-corrected chi connectivity index (χ1v) is 16.8. The van der Waals surface area contributed by atoms with Crippen LogP contribution in [0.15, 0.2) is 97.1 Å². The standard InChI is InChI=1S/C19H19.C14H11.2CH3.2ClH.Si.Zr/c1-2-6-14(7-3-1)17-12-16-11-10-15-8-4-5-9-18(15)19(16)13-17;1-10-8-12-7-6-11-4-2-3-5-13(11)14(12)9-10;;;;;;/h4-5,8-14H,1-3,6-7H2;2-9H,1H3;2*1H3;2*1H;;/q4*-1;;;;. The molecule has 0 aromatic heterocycles. The molecule has 1 aliphatic carbocycles. The number of fused-ring (bicyclic) bond motifs is 6. The molecule has 7 rings (SSSR count). The second-order valence-electron chi connectivity index (χ2n) is 9.74. The molecule has 204 valence electrons. The molecule has 6 aromatic rings. The van der Waals surface area contributed by atoms with Gasteiger partial charge in [-0.25, -0.2) is 0 Å². The Labute approximate surface area is 264 Å². The van der Waals surface area contributed by atoms with Gasteiger partial charge in [-0.15, -0.1) is 81.8 Å². The van der Waals surface area contributed by atoms with Crippen molar-refractivity contribution in [2.75, 3.05) is 0 Å². The second kappa shape index (κ2) is 16.5. The van der Waals surface area contributed by atoms with E-state index in [9.17, 15) is 0 Å². The van der Waals surface area contributed by atoms with Gasteiger partial charge in [0.15, 0.2) is 0 Å². The van der Waals surface area contributed by atoms with Crippen molar-refractivity contribution < 1.29 is 23.3 Å². The van der Waals surface area contributed by atoms with Gasteiger partial charge in [-0.2, -0.15) is 12.1 Å². The third kappa shape index (κ3) is 7.74. The van der Waals surface area contributed by atoms with Crippen molar-refractivity contribution in [3.05, 3.63) is 123 Å². The van der Waals surface area contributed by atoms with Gasteiger partial charge >= 0.3 is 30.2 Å². The van der Waals surface area contributed by atoms with Gasteiger partial charge in [0.25, 0.3) is 0 Å². The molecule has 1 fully saturated rings. The van der Waals surface area contributed by atoms with E-state index in [1.807, 2.05) is 0 Å². The first-order chi connectivity index (χ1) is 17.3. The van der Waals surface area contributed by atoms with Gasteiger partial charge in [0.2, 0.25) is 0 Å². The van der Waals surface area contributed by atoms with Gasteiger partial charge in [0.05, 0.1) is 0 Å². The predicted molar refractivity (Wildman–Crippen MR) is 178 cm³/mol. The fraction of sp³-hybridized carbons (Fsp3) is 0.200. The summed E-state index contributed by atoms with van der Waals surface area (Å²) in [6.45, 7) is 5.21. The van der Waals surface area contributed by atoms with Crippen LogP contribution in [0.4, 0.5) is 0 Å². The molecule has 6 aromatic carbocycles. The Kier molecular flexibility index (Phi) is 15.0. The van der Waals surface area contributed by atoms with E-state index in [0.29, 0.717) is 0 Å². The van der Waals surface area contributed by atoms with Crippen LogP contribution >= 0.6 is 24.8 Å². The molecule has 0 aliphatic heterocycles. The van der Waals surface area contributed by atoms with Crippen molar-refractivity contribution >= 4 is 74.8 Å². The number of aryl methyl sites for hydroxylation is 1. The molecule has 0 spiro atoms. The van der Waals surface area contributed by atoms with Gasteiger partial charge < -0.3 is 14.9 Å². The molecule has 0 unspecified atom stereocenters. The fourth-order valence-corrected chi connectivity index (χ4v) is 5.77. The average molecular weight is 649 g/mol. The minimum absolute atomic E-state index is 0. The van der Waals surface area contributed by atoms with Crippen molar-refractivity contribution in [1.29, 1.82) is 0 Å². The summed E-state index contributed by atoms with van der Waals surface area (Å²) in [5.41, 5.74) is 2.92. The van der Waals surface area contributed by atoms with Crippen LogP contribution in [0.2, 0.25) is 0 Å². The molecule has 0 atom stereocenters. The van der Waals surface area contributed by atoms with Crippen LogP contribution in [0.25, 0.3) is 43.1 Å². The monoisotopic (exact) mass is 646 g/mol. The summed E-state index contributed by atoms with van der Waals surface area (Å²) < 4.78 is 0. The van der Waals surface area contributed by atoms with Gasteiger partial charge in [0.1, 0.15) is 0 Å². The molecule has 1 aliphatic rings. The third-order valence-corrected chi connectivity index (χ3v) is 7.47. The van der Waals surface area contributed by atoms with Gasteiger partial charge in [0, 0.05) is 0 Å². The largest absolute Gasteiger partial charge is 0.165 e. The zero-order chi connectivity index (χ0) is 24.2. The van der Waals surface area contributed by atoms with Gasteiger partial charge in [-0.05, 0) is 18.8 Å². The number of rotatable bonds is 1. The zero-order valence-corrected chi connectivity index (χ0v) is 28.3. The van der Waals surface area contributed by atoms with Crippen molar-refractivity contribution in [2.45, 2.75) is 44.9 Å². The predicted octanol–water partition coefficient (Wildman–Crippen LogP) is 11.1. The molecule has 0 bridgehead atoms. The van der Waals surface area contributed by atoms with Crippen LogP contribution in [-0.4, -0.2) is 6.88 Å². The van der Waals surface area contributed by atoms with E-state index in [0.717, 1.165) is 5.92 Å². The van der Waals surface area contributed by atoms with Crippen molar-refractivity contribution in [2.24, 2.45) is 0 Å². The quantitative estimate of drug-likeness (QED) is 0.123. The summed E-state index contributed by atoms with van der Waals surface area (Å²) in [7, 11) is 0. The molecule has 1 saturated carbocycles. The maximum Gasteiger partial charge on any atom is -0.0340 e. The second-order valence-corrected chi connectivity index (χ2v) is 9.74. The third-order valence-electron chi connectivity index (χ3n) is 7.47. The summed E-state index contributed by atoms with van der Waals surface area (Å²) in [4.78, 5) is 0. The van der Waals surface area contributed by atoms with Crippen LogP contribution in [0.1, 0.15) is 49.1 Å². The summed E-state index contributed by atoms with van der Waals surface area (Å²) >= 11 is 1.36. The SMILES string of the molecule is Cc1cc2ccc3ccccc3c2[cH-]1.Cl.Cl.[CH3-].[CH3-].[Si]=[Zr].c1ccc2c(c1)ccc1cc(C3CCCCC3)[cH-]c12. The average Bonchev–Trinajstić information content (AvgIpc) is 3.54. The molecular formula is C35H38Cl2SiZr-4. The molecule has 0 N–H and O–H groups in total. The molecule has 0 saturated heterocycles. The zero-order valence-electron chi connectivity index (χ0n) is 23.2. The molecule has 2 radical (unpaired) electrons. The number of hydrogen-bond donors (Lipinski definition) is 0. The van der Waals surface area contributed by atoms with Gasteiger partial charge in [-0.1, -0.05) is 108 Å². The Balaban J connectivity index is 0.000000345. The Morgan fingerprint density at radius 1 is 0.615 bits per heavy atom. The Bertz CT molecular complexity index is 1590. The maximum atomic E-state index is 3.06. The van der Waals surface area contributed by atoms with Crippen LogP contribution in [-0.2, 0) is 23.3 Å². The number of benzene rings is 4. The summed E-state index contributed by atoms with van der Waals surface area (Å²) in [5.74, 6) is 0.805. The van der Waals surface area contributed by atoms with Crippen molar-refractivity contribution in [1.82, 2.24) is 0 Å². The maximum absolute atomic E-state index is 3.06. The first kappa shape index (κ1) is 35.3. The molecule has 0 amide bonds. The summed E-state index contributed by atoms with van der Waals surface area (Å²) in [6.07, 6.45) is 7.02. The summed E-state index contributed by atoms with van der Waals surface area (Å²) in [6, 6.07) is 35.6. The Hall–Kier alpha value is -1.70. The van der Waals surface area contributed by atoms with Gasteiger partial charge in [-0.3, -0.25) is 0 Å². The fourth-order valence-electron chi connectivity index (χ4n) is 5.77. The molecule has 0 nitrogen and oxygen atoms in total. The topological polar surface area (TPSA) is 0 Å². The number of halogens is 2. The van der Waals surface area contributed by atoms with E-state index in [4.69, 9.17) is 0 Å². The van der Waals surface area contributed by atoms with E-state index >= 15 is 0 Å². The minimum Gasteiger partial charge on any atom is -0.165 e. The van der Waals surface area contributed by atoms with E-state index in [1.54, 1.807) is 5.56 Å². The molecule has 4 heteroatoms. The smallest absolute Gasteiger partial charge is 0.0340 e. The number of hydrogen-bond acceptors (Lipinski definition) is 0. The minimum atomic E-state index is 0. The van der Waals surface area contributed by atoms with E-state index < -0.39 is 0 Å². The Morgan fingerprint density at radius 2 is 1.08 bits per heavy atom. The Morgan fingerprint density at radius 3 is 1.64 bits per heavy atom. The first-order valence-electron chi connectivity index (χ1n) is 12.6. The molecular weight excluding hydrogens is 611 g/mol. The van der Waals surface area contributed by atoms with E-state index in [-0.39, 0.29) is 39.7 Å². The van der Waals surface area contributed by atoms with E-state index in [2.05, 4.69) is 111 Å². The van der Waals surface area contributed by atoms with Crippen molar-refractivity contribution in [3.8, 4) is 0 Å². The van der Waals surface area contributed by atoms with Crippen LogP contribution in [0.5, 0.6) is 0 Å². The van der Waals surface area contributed by atoms with Crippen LogP contribution < -0.4 is 0 Å². The normalized spacial score (nSPS) is 12.5. The van der Waals surface area contributed by atoms with Crippen LogP contribution in [0.3, 0.4) is 0 Å². The molecule has 39 heavy (non-hydrogen) atoms. The van der Waals surface area contributed by atoms with Crippen molar-refractivity contribution in [3.63, 3.8) is 0 Å². The molecule has 0 heterocycles. The van der Waals surface area contributed by atoms with Crippen LogP contribution in [0, 0.1) is 21.8 Å². The summed E-state index contributed by atoms with van der Waals surface area (Å²) in [5, 5.41) is 11.0. The van der Waals surface area contributed by atoms with E-state index in [1.165, 1.54) is 104 Å².